The van der Waals surface area contributed by atoms with Crippen LogP contribution in [0.15, 0.2) is 18.2 Å². The van der Waals surface area contributed by atoms with Crippen LogP contribution >= 0.6 is 0 Å². The second kappa shape index (κ2) is 6.75. The van der Waals surface area contributed by atoms with E-state index in [4.69, 9.17) is 4.74 Å². The summed E-state index contributed by atoms with van der Waals surface area (Å²) < 4.78 is 5.61. The first-order valence-corrected chi connectivity index (χ1v) is 7.24. The van der Waals surface area contributed by atoms with Gasteiger partial charge in [0, 0.05) is 0 Å². The van der Waals surface area contributed by atoms with Crippen molar-refractivity contribution >= 4 is 5.91 Å². The smallest absolute Gasteiger partial charge is 0.258 e. The number of amides is 1. The van der Waals surface area contributed by atoms with Crippen LogP contribution in [-0.4, -0.2) is 29.8 Å². The van der Waals surface area contributed by atoms with Crippen molar-refractivity contribution in [1.29, 1.82) is 0 Å². The van der Waals surface area contributed by atoms with Crippen molar-refractivity contribution in [3.05, 3.63) is 29.3 Å². The van der Waals surface area contributed by atoms with Gasteiger partial charge in [0.25, 0.3) is 5.91 Å². The van der Waals surface area contributed by atoms with E-state index in [2.05, 4.69) is 5.32 Å². The molecule has 2 atom stereocenters. The van der Waals surface area contributed by atoms with Crippen molar-refractivity contribution < 1.29 is 14.6 Å². The Balaban J connectivity index is 1.86. The number of aryl methyl sites for hydroxylation is 2. The van der Waals surface area contributed by atoms with Crippen LogP contribution in [0, 0.1) is 13.8 Å². The lowest BCUT2D eigenvalue weighted by molar-refractivity contribution is -0.125. The highest BCUT2D eigenvalue weighted by Crippen LogP contribution is 2.22. The lowest BCUT2D eigenvalue weighted by atomic mass is 9.92. The maximum Gasteiger partial charge on any atom is 0.258 e. The van der Waals surface area contributed by atoms with Gasteiger partial charge in [-0.25, -0.2) is 0 Å². The largest absolute Gasteiger partial charge is 0.483 e. The first-order chi connectivity index (χ1) is 9.58. The zero-order chi connectivity index (χ0) is 14.5. The third-order valence-corrected chi connectivity index (χ3v) is 3.83. The highest BCUT2D eigenvalue weighted by Gasteiger charge is 2.24. The molecule has 110 valence electrons. The van der Waals surface area contributed by atoms with Gasteiger partial charge in [-0.3, -0.25) is 4.79 Å². The van der Waals surface area contributed by atoms with E-state index >= 15 is 0 Å². The number of hydrogen-bond acceptors (Lipinski definition) is 3. The first kappa shape index (κ1) is 14.9. The molecule has 1 aromatic carbocycles. The fraction of sp³-hybridized carbons (Fsp3) is 0.562. The summed E-state index contributed by atoms with van der Waals surface area (Å²) in [7, 11) is 0. The van der Waals surface area contributed by atoms with Gasteiger partial charge in [0.1, 0.15) is 5.75 Å². The van der Waals surface area contributed by atoms with Gasteiger partial charge in [0.05, 0.1) is 12.1 Å². The monoisotopic (exact) mass is 277 g/mol. The Hall–Kier alpha value is -1.55. The Kier molecular flexibility index (Phi) is 5.01. The molecule has 0 heterocycles. The zero-order valence-corrected chi connectivity index (χ0v) is 12.2. The van der Waals surface area contributed by atoms with E-state index in [0.717, 1.165) is 42.6 Å². The Morgan fingerprint density at radius 3 is 2.60 bits per heavy atom. The lowest BCUT2D eigenvalue weighted by Crippen LogP contribution is -2.46. The highest BCUT2D eigenvalue weighted by molar-refractivity contribution is 5.78. The Labute approximate surface area is 120 Å². The SMILES string of the molecule is Cc1cccc(C)c1OCC(=O)N[C@@H]1CCCC[C@H]1O. The number of para-hydroxylation sites is 1. The van der Waals surface area contributed by atoms with E-state index in [1.54, 1.807) is 0 Å². The number of carbonyl (C=O) groups excluding carboxylic acids is 1. The van der Waals surface area contributed by atoms with Crippen molar-refractivity contribution in [2.75, 3.05) is 6.61 Å². The van der Waals surface area contributed by atoms with Crippen LogP contribution in [0.5, 0.6) is 5.75 Å². The van der Waals surface area contributed by atoms with E-state index in [0.29, 0.717) is 0 Å². The Bertz CT molecular complexity index is 453. The van der Waals surface area contributed by atoms with E-state index in [1.165, 1.54) is 0 Å². The van der Waals surface area contributed by atoms with E-state index < -0.39 is 6.10 Å². The molecule has 0 radical (unpaired) electrons. The van der Waals surface area contributed by atoms with Crippen molar-refractivity contribution in [2.24, 2.45) is 0 Å². The molecule has 1 saturated carbocycles. The van der Waals surface area contributed by atoms with Gasteiger partial charge >= 0.3 is 0 Å². The predicted octanol–water partition coefficient (Wildman–Crippen LogP) is 2.10. The van der Waals surface area contributed by atoms with Gasteiger partial charge in [-0.1, -0.05) is 31.0 Å². The average molecular weight is 277 g/mol. The van der Waals surface area contributed by atoms with Crippen LogP contribution in [0.1, 0.15) is 36.8 Å². The quantitative estimate of drug-likeness (QED) is 0.886. The normalized spacial score (nSPS) is 22.4. The summed E-state index contributed by atoms with van der Waals surface area (Å²) in [6, 6.07) is 5.77. The van der Waals surface area contributed by atoms with Gasteiger partial charge in [-0.2, -0.15) is 0 Å². The van der Waals surface area contributed by atoms with Crippen LogP contribution < -0.4 is 10.1 Å². The molecular formula is C16H23NO3. The molecule has 0 bridgehead atoms. The number of hydrogen-bond donors (Lipinski definition) is 2. The molecule has 2 N–H and O–H groups in total. The molecule has 4 nitrogen and oxygen atoms in total. The fourth-order valence-corrected chi connectivity index (χ4v) is 2.69. The van der Waals surface area contributed by atoms with Crippen molar-refractivity contribution in [3.63, 3.8) is 0 Å². The minimum Gasteiger partial charge on any atom is -0.483 e. The van der Waals surface area contributed by atoms with Gasteiger partial charge in [-0.15, -0.1) is 0 Å². The standard InChI is InChI=1S/C16H23NO3/c1-11-6-5-7-12(2)16(11)20-10-15(19)17-13-8-3-4-9-14(13)18/h5-7,13-14,18H,3-4,8-10H2,1-2H3,(H,17,19)/t13-,14-/m1/s1. The zero-order valence-electron chi connectivity index (χ0n) is 12.2. The van der Waals surface area contributed by atoms with Crippen LogP contribution in [-0.2, 0) is 4.79 Å². The molecule has 1 amide bonds. The average Bonchev–Trinajstić information content (AvgIpc) is 2.41. The molecule has 4 heteroatoms. The maximum atomic E-state index is 11.9. The summed E-state index contributed by atoms with van der Waals surface area (Å²) in [6.07, 6.45) is 3.28. The molecule has 20 heavy (non-hydrogen) atoms. The van der Waals surface area contributed by atoms with Crippen LogP contribution in [0.25, 0.3) is 0 Å². The Morgan fingerprint density at radius 1 is 1.30 bits per heavy atom. The predicted molar refractivity (Wildman–Crippen MR) is 77.8 cm³/mol. The van der Waals surface area contributed by atoms with E-state index in [-0.39, 0.29) is 18.6 Å². The number of carbonyl (C=O) groups is 1. The molecule has 2 rings (SSSR count). The molecule has 0 unspecified atom stereocenters. The number of ether oxygens (including phenoxy) is 1. The molecule has 1 aromatic rings. The lowest BCUT2D eigenvalue weighted by Gasteiger charge is -2.28. The highest BCUT2D eigenvalue weighted by atomic mass is 16.5. The number of benzene rings is 1. The third-order valence-electron chi connectivity index (χ3n) is 3.83. The minimum absolute atomic E-state index is 0.00505. The maximum absolute atomic E-state index is 11.9. The third kappa shape index (κ3) is 3.73. The molecule has 1 aliphatic rings. The Morgan fingerprint density at radius 2 is 1.95 bits per heavy atom. The van der Waals surface area contributed by atoms with E-state index in [9.17, 15) is 9.90 Å². The molecular weight excluding hydrogens is 254 g/mol. The topological polar surface area (TPSA) is 58.6 Å². The number of nitrogens with one attached hydrogen (secondary N) is 1. The fourth-order valence-electron chi connectivity index (χ4n) is 2.69. The van der Waals surface area contributed by atoms with Crippen LogP contribution in [0.2, 0.25) is 0 Å². The summed E-state index contributed by atoms with van der Waals surface area (Å²) >= 11 is 0. The van der Waals surface area contributed by atoms with Crippen LogP contribution in [0.3, 0.4) is 0 Å². The second-order valence-corrected chi connectivity index (χ2v) is 5.54. The number of aliphatic hydroxyl groups is 1. The van der Waals surface area contributed by atoms with Gasteiger partial charge in [-0.05, 0) is 37.8 Å². The van der Waals surface area contributed by atoms with Crippen molar-refractivity contribution in [3.8, 4) is 5.75 Å². The summed E-state index contributed by atoms with van der Waals surface area (Å²) in [5.74, 6) is 0.602. The van der Waals surface area contributed by atoms with Crippen molar-refractivity contribution in [2.45, 2.75) is 51.7 Å². The summed E-state index contributed by atoms with van der Waals surface area (Å²) in [5.41, 5.74) is 2.05. The molecule has 1 fully saturated rings. The van der Waals surface area contributed by atoms with Crippen molar-refractivity contribution in [1.82, 2.24) is 5.32 Å². The summed E-state index contributed by atoms with van der Waals surface area (Å²) in [6.45, 7) is 3.92. The molecule has 0 aliphatic heterocycles. The van der Waals surface area contributed by atoms with Gasteiger partial charge < -0.3 is 15.2 Å². The number of rotatable bonds is 4. The molecule has 0 spiro atoms. The van der Waals surface area contributed by atoms with Crippen LogP contribution in [0.4, 0.5) is 0 Å². The molecule has 0 aromatic heterocycles. The minimum atomic E-state index is -0.423. The van der Waals surface area contributed by atoms with E-state index in [1.807, 2.05) is 32.0 Å². The second-order valence-electron chi connectivity index (χ2n) is 5.54. The summed E-state index contributed by atoms with van der Waals surface area (Å²) in [5, 5.41) is 12.7. The first-order valence-electron chi connectivity index (χ1n) is 7.24. The molecule has 0 saturated heterocycles. The molecule has 1 aliphatic carbocycles. The summed E-state index contributed by atoms with van der Waals surface area (Å²) in [4.78, 5) is 11.9. The number of aliphatic hydroxyl groups excluding tert-OH is 1. The van der Waals surface area contributed by atoms with Gasteiger partial charge in [0.2, 0.25) is 0 Å². The van der Waals surface area contributed by atoms with Gasteiger partial charge in [0.15, 0.2) is 6.61 Å².